The normalized spacial score (nSPS) is 12.8. The van der Waals surface area contributed by atoms with Crippen LogP contribution >= 0.6 is 0 Å². The molecule has 2 aromatic rings. The summed E-state index contributed by atoms with van der Waals surface area (Å²) in [4.78, 5) is 11.1. The van der Waals surface area contributed by atoms with Gasteiger partial charge in [0.15, 0.2) is 8.32 Å². The van der Waals surface area contributed by atoms with Crippen LogP contribution in [0.4, 0.5) is 0 Å². The number of carbonyl (C=O) groups is 1. The Morgan fingerprint density at radius 1 is 1.27 bits per heavy atom. The number of aryl methyl sites for hydroxylation is 1. The molecule has 0 aliphatic heterocycles. The minimum atomic E-state index is -1.80. The van der Waals surface area contributed by atoms with Gasteiger partial charge in [-0.2, -0.15) is 0 Å². The maximum Gasteiger partial charge on any atom is 0.335 e. The fourth-order valence-corrected chi connectivity index (χ4v) is 3.09. The van der Waals surface area contributed by atoms with Crippen molar-refractivity contribution in [2.75, 3.05) is 0 Å². The Hall–Kier alpha value is -1.59. The van der Waals surface area contributed by atoms with E-state index >= 15 is 0 Å². The smallest absolute Gasteiger partial charge is 0.335 e. The Bertz CT molecular complexity index is 710. The van der Waals surface area contributed by atoms with Gasteiger partial charge in [-0.25, -0.2) is 4.79 Å². The lowest BCUT2D eigenvalue weighted by Crippen LogP contribution is -2.40. The molecule has 0 saturated heterocycles. The van der Waals surface area contributed by atoms with Gasteiger partial charge in [-0.1, -0.05) is 20.8 Å². The maximum atomic E-state index is 11.1. The van der Waals surface area contributed by atoms with Crippen LogP contribution in [0.25, 0.3) is 10.9 Å². The zero-order valence-electron chi connectivity index (χ0n) is 14.2. The summed E-state index contributed by atoms with van der Waals surface area (Å²) < 4.78 is 8.35. The molecule has 1 N–H and O–H groups in total. The van der Waals surface area contributed by atoms with Gasteiger partial charge >= 0.3 is 5.97 Å². The number of carboxylic acids is 1. The molecule has 1 heterocycles. The standard InChI is InChI=1S/C17H25NO3Si/c1-17(2,3)22(5,6)21-11-14-10-13-9-12(16(19)20)7-8-15(13)18(14)4/h7-10H,11H2,1-6H3,(H,19,20). The molecule has 0 radical (unpaired) electrons. The van der Waals surface area contributed by atoms with Gasteiger partial charge in [0, 0.05) is 23.6 Å². The Kier molecular flexibility index (Phi) is 4.23. The molecule has 0 saturated carbocycles. The number of rotatable bonds is 4. The molecule has 1 aromatic heterocycles. The molecule has 0 aliphatic rings. The highest BCUT2D eigenvalue weighted by Crippen LogP contribution is 2.37. The van der Waals surface area contributed by atoms with E-state index in [1.54, 1.807) is 12.1 Å². The number of fused-ring (bicyclic) bond motifs is 1. The highest BCUT2D eigenvalue weighted by Gasteiger charge is 2.37. The maximum absolute atomic E-state index is 11.1. The second-order valence-electron chi connectivity index (χ2n) is 7.32. The zero-order valence-corrected chi connectivity index (χ0v) is 15.2. The molecule has 4 nitrogen and oxygen atoms in total. The molecule has 0 spiro atoms. The van der Waals surface area contributed by atoms with Crippen molar-refractivity contribution in [1.29, 1.82) is 0 Å². The van der Waals surface area contributed by atoms with E-state index in [2.05, 4.69) is 38.4 Å². The minimum absolute atomic E-state index is 0.175. The first kappa shape index (κ1) is 16.8. The first-order chi connectivity index (χ1) is 10.0. The van der Waals surface area contributed by atoms with E-state index in [1.807, 2.05) is 19.2 Å². The van der Waals surface area contributed by atoms with Crippen LogP contribution in [-0.2, 0) is 18.1 Å². The van der Waals surface area contributed by atoms with Gasteiger partial charge in [0.05, 0.1) is 12.2 Å². The molecule has 2 rings (SSSR count). The van der Waals surface area contributed by atoms with Crippen LogP contribution in [0, 0.1) is 0 Å². The Morgan fingerprint density at radius 2 is 1.91 bits per heavy atom. The van der Waals surface area contributed by atoms with Gasteiger partial charge in [0.2, 0.25) is 0 Å². The van der Waals surface area contributed by atoms with Crippen molar-refractivity contribution in [3.8, 4) is 0 Å². The molecular weight excluding hydrogens is 294 g/mol. The summed E-state index contributed by atoms with van der Waals surface area (Å²) in [6.45, 7) is 11.7. The largest absolute Gasteiger partial charge is 0.478 e. The number of nitrogens with zero attached hydrogens (tertiary/aromatic N) is 1. The van der Waals surface area contributed by atoms with Gasteiger partial charge in [0.25, 0.3) is 0 Å². The molecule has 5 heteroatoms. The van der Waals surface area contributed by atoms with Crippen molar-refractivity contribution in [3.63, 3.8) is 0 Å². The third-order valence-corrected chi connectivity index (χ3v) is 9.25. The Morgan fingerprint density at radius 3 is 2.45 bits per heavy atom. The molecule has 1 aromatic carbocycles. The van der Waals surface area contributed by atoms with Gasteiger partial charge in [-0.05, 0) is 42.4 Å². The highest BCUT2D eigenvalue weighted by atomic mass is 28.4. The predicted octanol–water partition coefficient (Wildman–Crippen LogP) is 4.40. The van der Waals surface area contributed by atoms with E-state index in [9.17, 15) is 4.79 Å². The fraction of sp³-hybridized carbons (Fsp3) is 0.471. The molecule has 0 amide bonds. The fourth-order valence-electron chi connectivity index (χ4n) is 2.15. The molecule has 0 aliphatic carbocycles. The number of aromatic carboxylic acids is 1. The van der Waals surface area contributed by atoms with Crippen LogP contribution in [0.1, 0.15) is 36.8 Å². The quantitative estimate of drug-likeness (QED) is 0.850. The average molecular weight is 319 g/mol. The van der Waals surface area contributed by atoms with Crippen molar-refractivity contribution in [3.05, 3.63) is 35.5 Å². The van der Waals surface area contributed by atoms with Crippen molar-refractivity contribution in [1.82, 2.24) is 4.57 Å². The summed E-state index contributed by atoms with van der Waals surface area (Å²) in [5.41, 5.74) is 2.41. The molecular formula is C17H25NO3Si. The molecule has 22 heavy (non-hydrogen) atoms. The van der Waals surface area contributed by atoms with E-state index in [0.29, 0.717) is 12.2 Å². The first-order valence-corrected chi connectivity index (χ1v) is 10.4. The summed E-state index contributed by atoms with van der Waals surface area (Å²) in [5.74, 6) is -0.898. The van der Waals surface area contributed by atoms with E-state index in [0.717, 1.165) is 16.6 Å². The summed E-state index contributed by atoms with van der Waals surface area (Å²) in [6, 6.07) is 7.24. The molecule has 0 atom stereocenters. The van der Waals surface area contributed by atoms with Gasteiger partial charge < -0.3 is 14.1 Å². The van der Waals surface area contributed by atoms with Crippen molar-refractivity contribution in [2.24, 2.45) is 7.05 Å². The van der Waals surface area contributed by atoms with Crippen molar-refractivity contribution >= 4 is 25.2 Å². The number of aromatic nitrogens is 1. The van der Waals surface area contributed by atoms with Crippen LogP contribution in [0.15, 0.2) is 24.3 Å². The van der Waals surface area contributed by atoms with Crippen LogP contribution in [-0.4, -0.2) is 24.0 Å². The lowest BCUT2D eigenvalue weighted by atomic mass is 10.1. The van der Waals surface area contributed by atoms with Gasteiger partial charge in [-0.15, -0.1) is 0 Å². The minimum Gasteiger partial charge on any atom is -0.478 e. The highest BCUT2D eigenvalue weighted by molar-refractivity contribution is 6.74. The Balaban J connectivity index is 2.29. The van der Waals surface area contributed by atoms with E-state index in [-0.39, 0.29) is 5.04 Å². The third kappa shape index (κ3) is 3.10. The summed E-state index contributed by atoms with van der Waals surface area (Å²) in [6.07, 6.45) is 0. The predicted molar refractivity (Wildman–Crippen MR) is 91.9 cm³/mol. The van der Waals surface area contributed by atoms with Gasteiger partial charge in [0.1, 0.15) is 0 Å². The molecule has 0 fully saturated rings. The number of benzene rings is 1. The topological polar surface area (TPSA) is 51.5 Å². The molecule has 120 valence electrons. The van der Waals surface area contributed by atoms with Crippen LogP contribution in [0.3, 0.4) is 0 Å². The summed E-state index contributed by atoms with van der Waals surface area (Å²) in [5, 5.41) is 10.2. The van der Waals surface area contributed by atoms with E-state index < -0.39 is 14.3 Å². The first-order valence-electron chi connectivity index (χ1n) is 7.48. The summed E-state index contributed by atoms with van der Waals surface area (Å²) >= 11 is 0. The SMILES string of the molecule is Cn1c(CO[Si](C)(C)C(C)(C)C)cc2cc(C(=O)O)ccc21. The lowest BCUT2D eigenvalue weighted by molar-refractivity contribution is 0.0697. The average Bonchev–Trinajstić information content (AvgIpc) is 2.71. The van der Waals surface area contributed by atoms with Crippen LogP contribution in [0.2, 0.25) is 18.1 Å². The van der Waals surface area contributed by atoms with E-state index in [1.165, 1.54) is 0 Å². The monoisotopic (exact) mass is 319 g/mol. The second kappa shape index (κ2) is 5.55. The third-order valence-electron chi connectivity index (χ3n) is 4.78. The molecule has 0 bridgehead atoms. The molecule has 0 unspecified atom stereocenters. The number of carboxylic acid groups (broad SMARTS) is 1. The van der Waals surface area contributed by atoms with Crippen LogP contribution in [0.5, 0.6) is 0 Å². The van der Waals surface area contributed by atoms with Crippen LogP contribution < -0.4 is 0 Å². The lowest BCUT2D eigenvalue weighted by Gasteiger charge is -2.36. The Labute approximate surface area is 132 Å². The number of hydrogen-bond acceptors (Lipinski definition) is 2. The van der Waals surface area contributed by atoms with E-state index in [4.69, 9.17) is 9.53 Å². The summed E-state index contributed by atoms with van der Waals surface area (Å²) in [7, 11) is 0.197. The van der Waals surface area contributed by atoms with Crippen molar-refractivity contribution in [2.45, 2.75) is 45.5 Å². The zero-order chi connectivity index (χ0) is 16.7. The van der Waals surface area contributed by atoms with Crippen molar-refractivity contribution < 1.29 is 14.3 Å². The second-order valence-corrected chi connectivity index (χ2v) is 12.1. The van der Waals surface area contributed by atoms with Gasteiger partial charge in [-0.3, -0.25) is 0 Å². The number of hydrogen-bond donors (Lipinski definition) is 1.